The first-order valence-electron chi connectivity index (χ1n) is 7.75. The summed E-state index contributed by atoms with van der Waals surface area (Å²) in [6.45, 7) is 1.55. The van der Waals surface area contributed by atoms with Gasteiger partial charge in [-0.05, 0) is 30.7 Å². The van der Waals surface area contributed by atoms with E-state index < -0.39 is 12.1 Å². The number of Topliss-reactive ketones (excluding diaryl/α,β-unsaturated/α-hetero) is 1. The van der Waals surface area contributed by atoms with Crippen LogP contribution in [0.4, 0.5) is 0 Å². The van der Waals surface area contributed by atoms with Crippen LogP contribution in [0.1, 0.15) is 22.8 Å². The van der Waals surface area contributed by atoms with Gasteiger partial charge in [-0.1, -0.05) is 36.4 Å². The summed E-state index contributed by atoms with van der Waals surface area (Å²) in [7, 11) is 3.09. The zero-order valence-electron chi connectivity index (χ0n) is 14.4. The summed E-state index contributed by atoms with van der Waals surface area (Å²) in [6.07, 6.45) is 2.00. The molecule has 0 bridgehead atoms. The molecule has 5 heteroatoms. The Labute approximate surface area is 146 Å². The lowest BCUT2D eigenvalue weighted by molar-refractivity contribution is -0.140. The van der Waals surface area contributed by atoms with Gasteiger partial charge in [-0.15, -0.1) is 0 Å². The molecule has 0 aliphatic carbocycles. The molecule has 130 valence electrons. The van der Waals surface area contributed by atoms with E-state index in [4.69, 9.17) is 14.2 Å². The number of carbonyl (C=O) groups excluding carboxylic acids is 2. The molecule has 0 saturated carbocycles. The van der Waals surface area contributed by atoms with Crippen LogP contribution >= 0.6 is 0 Å². The monoisotopic (exact) mass is 340 g/mol. The highest BCUT2D eigenvalue weighted by molar-refractivity contribution is 6.01. The zero-order chi connectivity index (χ0) is 18.2. The second-order valence-electron chi connectivity index (χ2n) is 5.26. The molecule has 25 heavy (non-hydrogen) atoms. The van der Waals surface area contributed by atoms with Crippen molar-refractivity contribution in [3.05, 3.63) is 65.7 Å². The van der Waals surface area contributed by atoms with E-state index in [9.17, 15) is 9.59 Å². The summed E-state index contributed by atoms with van der Waals surface area (Å²) in [5.41, 5.74) is 1.25. The van der Waals surface area contributed by atoms with Crippen LogP contribution in [0.3, 0.4) is 0 Å². The molecular formula is C20H20O5. The van der Waals surface area contributed by atoms with Crippen molar-refractivity contribution < 1.29 is 23.8 Å². The molecule has 5 nitrogen and oxygen atoms in total. The van der Waals surface area contributed by atoms with Gasteiger partial charge in [0.25, 0.3) is 0 Å². The number of methoxy groups -OCH3 is 2. The van der Waals surface area contributed by atoms with Crippen LogP contribution in [0.15, 0.2) is 54.6 Å². The van der Waals surface area contributed by atoms with Gasteiger partial charge in [0.1, 0.15) is 0 Å². The number of carbonyl (C=O) groups is 2. The molecule has 0 heterocycles. The van der Waals surface area contributed by atoms with E-state index in [1.54, 1.807) is 62.6 Å². The number of ether oxygens (including phenoxy) is 3. The predicted octanol–water partition coefficient (Wildman–Crippen LogP) is 3.53. The number of ketones is 1. The largest absolute Gasteiger partial charge is 0.493 e. The van der Waals surface area contributed by atoms with Gasteiger partial charge < -0.3 is 14.2 Å². The lowest BCUT2D eigenvalue weighted by Crippen LogP contribution is -2.23. The Morgan fingerprint density at radius 1 is 0.960 bits per heavy atom. The highest BCUT2D eigenvalue weighted by Crippen LogP contribution is 2.27. The molecule has 0 aliphatic heterocycles. The minimum atomic E-state index is -0.857. The van der Waals surface area contributed by atoms with Crippen molar-refractivity contribution >= 4 is 17.8 Å². The van der Waals surface area contributed by atoms with Crippen LogP contribution in [-0.2, 0) is 9.53 Å². The Hall–Kier alpha value is -3.08. The fourth-order valence-corrected chi connectivity index (χ4v) is 2.22. The summed E-state index contributed by atoms with van der Waals surface area (Å²) >= 11 is 0. The minimum absolute atomic E-state index is 0.242. The second-order valence-corrected chi connectivity index (χ2v) is 5.26. The fourth-order valence-electron chi connectivity index (χ4n) is 2.22. The number of rotatable bonds is 7. The van der Waals surface area contributed by atoms with Gasteiger partial charge in [-0.25, -0.2) is 4.79 Å². The first-order chi connectivity index (χ1) is 12.0. The van der Waals surface area contributed by atoms with Gasteiger partial charge in [-0.3, -0.25) is 4.79 Å². The molecule has 0 unspecified atom stereocenters. The van der Waals surface area contributed by atoms with Crippen molar-refractivity contribution in [2.75, 3.05) is 14.2 Å². The minimum Gasteiger partial charge on any atom is -0.493 e. The average Bonchev–Trinajstić information content (AvgIpc) is 2.66. The molecular weight excluding hydrogens is 320 g/mol. The molecule has 0 amide bonds. The molecule has 0 aliphatic rings. The number of benzene rings is 2. The molecule has 0 saturated heterocycles. The normalized spacial score (nSPS) is 11.8. The van der Waals surface area contributed by atoms with Crippen LogP contribution in [-0.4, -0.2) is 32.1 Å². The quantitative estimate of drug-likeness (QED) is 0.438. The van der Waals surface area contributed by atoms with E-state index in [2.05, 4.69) is 0 Å². The number of esters is 1. The zero-order valence-corrected chi connectivity index (χ0v) is 14.4. The van der Waals surface area contributed by atoms with E-state index in [0.29, 0.717) is 17.1 Å². The van der Waals surface area contributed by atoms with Crippen LogP contribution in [0.2, 0.25) is 0 Å². The number of hydrogen-bond donors (Lipinski definition) is 0. The van der Waals surface area contributed by atoms with Crippen LogP contribution in [0, 0.1) is 0 Å². The van der Waals surface area contributed by atoms with Crippen LogP contribution < -0.4 is 9.47 Å². The van der Waals surface area contributed by atoms with E-state index in [1.165, 1.54) is 13.2 Å². The molecule has 0 spiro atoms. The topological polar surface area (TPSA) is 61.8 Å². The first-order valence-corrected chi connectivity index (χ1v) is 7.75. The Morgan fingerprint density at radius 3 is 2.28 bits per heavy atom. The highest BCUT2D eigenvalue weighted by Gasteiger charge is 2.18. The second kappa shape index (κ2) is 8.68. The lowest BCUT2D eigenvalue weighted by Gasteiger charge is -2.10. The molecule has 0 aromatic heterocycles. The van der Waals surface area contributed by atoms with Crippen molar-refractivity contribution in [2.45, 2.75) is 13.0 Å². The van der Waals surface area contributed by atoms with E-state index >= 15 is 0 Å². The number of hydrogen-bond acceptors (Lipinski definition) is 5. The summed E-state index contributed by atoms with van der Waals surface area (Å²) in [4.78, 5) is 24.1. The Balaban J connectivity index is 2.00. The summed E-state index contributed by atoms with van der Waals surface area (Å²) in [6, 6.07) is 14.0. The first kappa shape index (κ1) is 18.3. The van der Waals surface area contributed by atoms with Crippen molar-refractivity contribution in [3.8, 4) is 11.5 Å². The molecule has 0 fully saturated rings. The van der Waals surface area contributed by atoms with Crippen LogP contribution in [0.5, 0.6) is 11.5 Å². The van der Waals surface area contributed by atoms with Gasteiger partial charge in [0.15, 0.2) is 17.6 Å². The maximum absolute atomic E-state index is 12.2. The molecule has 0 N–H and O–H groups in total. The molecule has 2 aromatic carbocycles. The van der Waals surface area contributed by atoms with Gasteiger partial charge >= 0.3 is 5.97 Å². The maximum Gasteiger partial charge on any atom is 0.331 e. The summed E-state index contributed by atoms with van der Waals surface area (Å²) in [5.74, 6) is 0.329. The summed E-state index contributed by atoms with van der Waals surface area (Å²) < 4.78 is 15.5. The average molecular weight is 340 g/mol. The molecule has 0 radical (unpaired) electrons. The van der Waals surface area contributed by atoms with Crippen molar-refractivity contribution in [1.82, 2.24) is 0 Å². The Bertz CT molecular complexity index is 765. The van der Waals surface area contributed by atoms with Crippen molar-refractivity contribution in [3.63, 3.8) is 0 Å². The van der Waals surface area contributed by atoms with Gasteiger partial charge in [0, 0.05) is 11.6 Å². The third-order valence-electron chi connectivity index (χ3n) is 3.54. The predicted molar refractivity (Wildman–Crippen MR) is 94.9 cm³/mol. The molecule has 2 rings (SSSR count). The van der Waals surface area contributed by atoms with Crippen molar-refractivity contribution in [1.29, 1.82) is 0 Å². The smallest absolute Gasteiger partial charge is 0.331 e. The Morgan fingerprint density at radius 2 is 1.64 bits per heavy atom. The van der Waals surface area contributed by atoms with Gasteiger partial charge in [0.2, 0.25) is 5.78 Å². The van der Waals surface area contributed by atoms with Crippen LogP contribution in [0.25, 0.3) is 6.08 Å². The Kier molecular flexibility index (Phi) is 6.34. The molecule has 2 aromatic rings. The molecule has 1 atom stereocenters. The van der Waals surface area contributed by atoms with E-state index in [-0.39, 0.29) is 5.78 Å². The lowest BCUT2D eigenvalue weighted by atomic mass is 10.1. The SMILES string of the molecule is COc1ccc(/C=C/C(=O)O[C@H](C)C(=O)c2ccccc2)cc1OC. The van der Waals surface area contributed by atoms with E-state index in [1.807, 2.05) is 6.07 Å². The van der Waals surface area contributed by atoms with E-state index in [0.717, 1.165) is 5.56 Å². The maximum atomic E-state index is 12.2. The third-order valence-corrected chi connectivity index (χ3v) is 3.54. The standard InChI is InChI=1S/C20H20O5/c1-14(20(22)16-7-5-4-6-8-16)25-19(21)12-10-15-9-11-17(23-2)18(13-15)24-3/h4-14H,1-3H3/b12-10+/t14-/m1/s1. The third kappa shape index (κ3) is 4.94. The highest BCUT2D eigenvalue weighted by atomic mass is 16.5. The van der Waals surface area contributed by atoms with Gasteiger partial charge in [0.05, 0.1) is 14.2 Å². The fraction of sp³-hybridized carbons (Fsp3) is 0.200. The van der Waals surface area contributed by atoms with Gasteiger partial charge in [-0.2, -0.15) is 0 Å². The van der Waals surface area contributed by atoms with Crippen molar-refractivity contribution in [2.24, 2.45) is 0 Å². The summed E-state index contributed by atoms with van der Waals surface area (Å²) in [5, 5.41) is 0.